The van der Waals surface area contributed by atoms with Gasteiger partial charge in [-0.1, -0.05) is 18.2 Å². The highest BCUT2D eigenvalue weighted by atomic mass is 15.3. The summed E-state index contributed by atoms with van der Waals surface area (Å²) in [6, 6.07) is 20.0. The van der Waals surface area contributed by atoms with Crippen molar-refractivity contribution < 1.29 is 0 Å². The number of para-hydroxylation sites is 1. The normalized spacial score (nSPS) is 21.1. The molecule has 2 aliphatic heterocycles. The molecule has 0 spiro atoms. The van der Waals surface area contributed by atoms with Gasteiger partial charge in [-0.3, -0.25) is 14.8 Å². The summed E-state index contributed by atoms with van der Waals surface area (Å²) in [4.78, 5) is 12.2. The van der Waals surface area contributed by atoms with Crippen LogP contribution in [0.2, 0.25) is 0 Å². The van der Waals surface area contributed by atoms with Crippen LogP contribution in [0.15, 0.2) is 73.2 Å². The first-order valence-corrected chi connectivity index (χ1v) is 11.2. The van der Waals surface area contributed by atoms with Gasteiger partial charge in [-0.25, -0.2) is 0 Å². The summed E-state index contributed by atoms with van der Waals surface area (Å²) in [7, 11) is 0. The Balaban J connectivity index is 1.19. The topological polar surface area (TPSA) is 27.5 Å². The summed E-state index contributed by atoms with van der Waals surface area (Å²) in [6.07, 6.45) is 8.54. The molecule has 0 radical (unpaired) electrons. The molecule has 0 aliphatic carbocycles. The van der Waals surface area contributed by atoms with Gasteiger partial charge in [0, 0.05) is 69.1 Å². The van der Waals surface area contributed by atoms with Crippen molar-refractivity contribution in [3.8, 4) is 5.69 Å². The second-order valence-corrected chi connectivity index (χ2v) is 8.47. The average Bonchev–Trinajstić information content (AvgIpc) is 3.29. The van der Waals surface area contributed by atoms with Crippen LogP contribution in [-0.2, 0) is 6.54 Å². The van der Waals surface area contributed by atoms with Crippen LogP contribution in [0.5, 0.6) is 0 Å². The lowest BCUT2D eigenvalue weighted by molar-refractivity contribution is 0.0878. The molecule has 1 aromatic carbocycles. The minimum atomic E-state index is 0.679. The van der Waals surface area contributed by atoms with E-state index in [4.69, 9.17) is 0 Å². The van der Waals surface area contributed by atoms with Gasteiger partial charge in [0.05, 0.1) is 11.9 Å². The minimum absolute atomic E-state index is 0.679. The second kappa shape index (κ2) is 9.02. The molecule has 4 heterocycles. The fourth-order valence-corrected chi connectivity index (χ4v) is 4.98. The van der Waals surface area contributed by atoms with Crippen molar-refractivity contribution in [1.29, 1.82) is 0 Å². The van der Waals surface area contributed by atoms with E-state index < -0.39 is 0 Å². The standard InChI is InChI=1S/C25H31N5/c1-2-7-22(8-3-1)28-15-17-29(18-16-28)24-10-5-13-27(20-24)21-25-11-6-14-30(25)23-9-4-12-26-19-23/h1-4,6-9,11-12,14,19,24H,5,10,13,15-18,20-21H2/t24-/m0/s1. The molecule has 0 unspecified atom stereocenters. The summed E-state index contributed by atoms with van der Waals surface area (Å²) < 4.78 is 2.27. The monoisotopic (exact) mass is 401 g/mol. The minimum Gasteiger partial charge on any atom is -0.369 e. The molecular formula is C25H31N5. The maximum atomic E-state index is 4.28. The number of anilines is 1. The van der Waals surface area contributed by atoms with Gasteiger partial charge in [-0.05, 0) is 55.8 Å². The number of benzene rings is 1. The van der Waals surface area contributed by atoms with Crippen LogP contribution in [0.25, 0.3) is 5.69 Å². The maximum Gasteiger partial charge on any atom is 0.0636 e. The number of hydrogen-bond donors (Lipinski definition) is 0. The van der Waals surface area contributed by atoms with Crippen LogP contribution in [0.4, 0.5) is 5.69 Å². The predicted molar refractivity (Wildman–Crippen MR) is 122 cm³/mol. The number of hydrogen-bond acceptors (Lipinski definition) is 4. The number of piperazine rings is 1. The largest absolute Gasteiger partial charge is 0.369 e. The van der Waals surface area contributed by atoms with Crippen LogP contribution in [0.1, 0.15) is 18.5 Å². The Morgan fingerprint density at radius 2 is 1.67 bits per heavy atom. The third-order valence-corrected chi connectivity index (χ3v) is 6.58. The number of piperidine rings is 1. The lowest BCUT2D eigenvalue weighted by atomic mass is 10.0. The van der Waals surface area contributed by atoms with Crippen LogP contribution in [0.3, 0.4) is 0 Å². The molecule has 30 heavy (non-hydrogen) atoms. The van der Waals surface area contributed by atoms with Gasteiger partial charge < -0.3 is 9.47 Å². The highest BCUT2D eigenvalue weighted by Gasteiger charge is 2.28. The SMILES string of the molecule is c1ccc(N2CCN([C@H]3CCCN(Cc4cccn4-c4cccnc4)C3)CC2)cc1. The van der Waals surface area contributed by atoms with Gasteiger partial charge in [-0.2, -0.15) is 0 Å². The van der Waals surface area contributed by atoms with E-state index in [0.717, 1.165) is 25.3 Å². The lowest BCUT2D eigenvalue weighted by Crippen LogP contribution is -2.55. The molecular weight excluding hydrogens is 370 g/mol. The summed E-state index contributed by atoms with van der Waals surface area (Å²) in [5, 5.41) is 0. The molecule has 2 aliphatic rings. The first-order chi connectivity index (χ1) is 14.9. The number of nitrogens with zero attached hydrogens (tertiary/aromatic N) is 5. The van der Waals surface area contributed by atoms with Crippen molar-refractivity contribution in [1.82, 2.24) is 19.4 Å². The highest BCUT2D eigenvalue weighted by molar-refractivity contribution is 5.46. The molecule has 5 heteroatoms. The van der Waals surface area contributed by atoms with E-state index in [-0.39, 0.29) is 0 Å². The van der Waals surface area contributed by atoms with Gasteiger partial charge in [0.1, 0.15) is 0 Å². The second-order valence-electron chi connectivity index (χ2n) is 8.47. The van der Waals surface area contributed by atoms with E-state index in [1.165, 1.54) is 50.4 Å². The molecule has 0 bridgehead atoms. The summed E-state index contributed by atoms with van der Waals surface area (Å²) in [5.74, 6) is 0. The molecule has 156 valence electrons. The quantitative estimate of drug-likeness (QED) is 0.652. The average molecular weight is 402 g/mol. The van der Waals surface area contributed by atoms with Gasteiger partial charge in [0.25, 0.3) is 0 Å². The van der Waals surface area contributed by atoms with E-state index in [1.807, 2.05) is 18.5 Å². The van der Waals surface area contributed by atoms with E-state index in [9.17, 15) is 0 Å². The Morgan fingerprint density at radius 1 is 0.833 bits per heavy atom. The molecule has 5 nitrogen and oxygen atoms in total. The fourth-order valence-electron chi connectivity index (χ4n) is 4.98. The van der Waals surface area contributed by atoms with Crippen LogP contribution in [0, 0.1) is 0 Å². The summed E-state index contributed by atoms with van der Waals surface area (Å²) >= 11 is 0. The summed E-state index contributed by atoms with van der Waals surface area (Å²) in [6.45, 7) is 7.96. The fraction of sp³-hybridized carbons (Fsp3) is 0.400. The first-order valence-electron chi connectivity index (χ1n) is 11.2. The molecule has 3 aromatic rings. The molecule has 0 saturated carbocycles. The zero-order valence-corrected chi connectivity index (χ0v) is 17.6. The van der Waals surface area contributed by atoms with E-state index in [1.54, 1.807) is 0 Å². The summed E-state index contributed by atoms with van der Waals surface area (Å²) in [5.41, 5.74) is 3.85. The number of pyridine rings is 1. The van der Waals surface area contributed by atoms with Gasteiger partial charge in [0.15, 0.2) is 0 Å². The van der Waals surface area contributed by atoms with E-state index in [0.29, 0.717) is 6.04 Å². The van der Waals surface area contributed by atoms with Crippen molar-refractivity contribution in [2.24, 2.45) is 0 Å². The molecule has 2 saturated heterocycles. The van der Waals surface area contributed by atoms with Crippen molar-refractivity contribution in [2.75, 3.05) is 44.2 Å². The molecule has 2 aromatic heterocycles. The number of rotatable bonds is 5. The molecule has 2 fully saturated rings. The lowest BCUT2D eigenvalue weighted by Gasteiger charge is -2.44. The highest BCUT2D eigenvalue weighted by Crippen LogP contribution is 2.22. The Kier molecular flexibility index (Phi) is 5.82. The van der Waals surface area contributed by atoms with Crippen molar-refractivity contribution >= 4 is 5.69 Å². The zero-order chi connectivity index (χ0) is 20.2. The van der Waals surface area contributed by atoms with Gasteiger partial charge >= 0.3 is 0 Å². The molecule has 0 amide bonds. The van der Waals surface area contributed by atoms with Gasteiger partial charge in [0.2, 0.25) is 0 Å². The van der Waals surface area contributed by atoms with Crippen molar-refractivity contribution in [3.63, 3.8) is 0 Å². The third-order valence-electron chi connectivity index (χ3n) is 6.58. The third kappa shape index (κ3) is 4.27. The van der Waals surface area contributed by atoms with Crippen LogP contribution < -0.4 is 4.90 Å². The molecule has 0 N–H and O–H groups in total. The Morgan fingerprint density at radius 3 is 2.47 bits per heavy atom. The number of aromatic nitrogens is 2. The van der Waals surface area contributed by atoms with Crippen LogP contribution in [-0.4, -0.2) is 64.7 Å². The number of likely N-dealkylation sites (tertiary alicyclic amines) is 1. The molecule has 5 rings (SSSR count). The Bertz CT molecular complexity index is 915. The molecule has 1 atom stereocenters. The Labute approximate surface area is 179 Å². The Hall–Kier alpha value is -2.63. The van der Waals surface area contributed by atoms with Crippen molar-refractivity contribution in [3.05, 3.63) is 78.9 Å². The van der Waals surface area contributed by atoms with E-state index >= 15 is 0 Å². The zero-order valence-electron chi connectivity index (χ0n) is 17.6. The van der Waals surface area contributed by atoms with Gasteiger partial charge in [-0.15, -0.1) is 0 Å². The smallest absolute Gasteiger partial charge is 0.0636 e. The first kappa shape index (κ1) is 19.3. The predicted octanol–water partition coefficient (Wildman–Crippen LogP) is 3.66. The van der Waals surface area contributed by atoms with Crippen molar-refractivity contribution in [2.45, 2.75) is 25.4 Å². The van der Waals surface area contributed by atoms with E-state index in [2.05, 4.69) is 79.0 Å². The maximum absolute atomic E-state index is 4.28. The van der Waals surface area contributed by atoms with Crippen LogP contribution >= 0.6 is 0 Å².